The molecule has 0 fully saturated rings. The third-order valence-electron chi connectivity index (χ3n) is 1.87. The minimum absolute atomic E-state index is 0.953. The molecule has 0 aromatic carbocycles. The number of rotatable bonds is 1. The Balaban J connectivity index is 3.49. The SMILES string of the molecule is C=c1[nH]c(C)c(CC)c1=C. The summed E-state index contributed by atoms with van der Waals surface area (Å²) in [5.74, 6) is 0. The number of nitrogens with one attached hydrogen (secondary N) is 1. The molecule has 1 rings (SSSR count). The maximum atomic E-state index is 3.92. The third-order valence-corrected chi connectivity index (χ3v) is 1.87. The molecule has 10 heavy (non-hydrogen) atoms. The van der Waals surface area contributed by atoms with Crippen molar-refractivity contribution in [2.45, 2.75) is 20.3 Å². The largest absolute Gasteiger partial charge is 0.359 e. The summed E-state index contributed by atoms with van der Waals surface area (Å²) >= 11 is 0. The Morgan fingerprint density at radius 1 is 1.40 bits per heavy atom. The van der Waals surface area contributed by atoms with Crippen molar-refractivity contribution in [3.05, 3.63) is 21.8 Å². The van der Waals surface area contributed by atoms with Crippen LogP contribution < -0.4 is 10.6 Å². The van der Waals surface area contributed by atoms with Crippen LogP contribution in [0.15, 0.2) is 0 Å². The normalized spacial score (nSPS) is 10.2. The quantitative estimate of drug-likeness (QED) is 0.583. The van der Waals surface area contributed by atoms with Gasteiger partial charge in [-0.25, -0.2) is 0 Å². The van der Waals surface area contributed by atoms with E-state index >= 15 is 0 Å². The van der Waals surface area contributed by atoms with Crippen molar-refractivity contribution in [1.82, 2.24) is 4.98 Å². The molecule has 54 valence electrons. The van der Waals surface area contributed by atoms with Crippen LogP contribution in [0, 0.1) is 6.92 Å². The molecule has 0 atom stereocenters. The van der Waals surface area contributed by atoms with Crippen molar-refractivity contribution in [1.29, 1.82) is 0 Å². The summed E-state index contributed by atoms with van der Waals surface area (Å²) < 4.78 is 0. The zero-order valence-corrected chi connectivity index (χ0v) is 6.62. The molecule has 0 bridgehead atoms. The molecule has 0 unspecified atom stereocenters. The topological polar surface area (TPSA) is 15.8 Å². The Kier molecular flexibility index (Phi) is 1.66. The van der Waals surface area contributed by atoms with Gasteiger partial charge in [-0.3, -0.25) is 0 Å². The van der Waals surface area contributed by atoms with Crippen LogP contribution in [-0.2, 0) is 6.42 Å². The van der Waals surface area contributed by atoms with Gasteiger partial charge in [0.05, 0.1) is 0 Å². The lowest BCUT2D eigenvalue weighted by Crippen LogP contribution is -2.20. The van der Waals surface area contributed by atoms with Crippen molar-refractivity contribution in [3.63, 3.8) is 0 Å². The fraction of sp³-hybridized carbons (Fsp3) is 0.333. The van der Waals surface area contributed by atoms with Crippen molar-refractivity contribution in [3.8, 4) is 0 Å². The predicted octanol–water partition coefficient (Wildman–Crippen LogP) is 0.706. The second-order valence-electron chi connectivity index (χ2n) is 2.54. The molecule has 1 aromatic heterocycles. The van der Waals surface area contributed by atoms with Gasteiger partial charge < -0.3 is 4.98 Å². The molecular weight excluding hydrogens is 122 g/mol. The van der Waals surface area contributed by atoms with Gasteiger partial charge in [0.25, 0.3) is 0 Å². The molecule has 0 spiro atoms. The highest BCUT2D eigenvalue weighted by atomic mass is 14.7. The molecule has 0 aliphatic carbocycles. The Hall–Kier alpha value is -0.980. The van der Waals surface area contributed by atoms with Crippen LogP contribution in [0.5, 0.6) is 0 Å². The predicted molar refractivity (Wildman–Crippen MR) is 45.2 cm³/mol. The lowest BCUT2D eigenvalue weighted by atomic mass is 10.2. The maximum Gasteiger partial charge on any atom is 0.0379 e. The molecule has 1 aromatic rings. The average Bonchev–Trinajstić information content (AvgIpc) is 2.09. The molecule has 0 saturated carbocycles. The van der Waals surface area contributed by atoms with E-state index in [9.17, 15) is 0 Å². The number of aryl methyl sites for hydroxylation is 1. The Morgan fingerprint density at radius 3 is 2.20 bits per heavy atom. The van der Waals surface area contributed by atoms with E-state index in [1.165, 1.54) is 11.3 Å². The molecule has 0 aliphatic rings. The van der Waals surface area contributed by atoms with E-state index in [2.05, 4.69) is 32.0 Å². The number of aromatic amines is 1. The number of hydrogen-bond donors (Lipinski definition) is 1. The molecule has 0 amide bonds. The van der Waals surface area contributed by atoms with E-state index in [0.717, 1.165) is 17.0 Å². The number of H-pyrrole nitrogens is 1. The zero-order chi connectivity index (χ0) is 7.72. The number of hydrogen-bond acceptors (Lipinski definition) is 0. The van der Waals surface area contributed by atoms with Crippen molar-refractivity contribution in [2.24, 2.45) is 0 Å². The van der Waals surface area contributed by atoms with Crippen LogP contribution in [0.2, 0.25) is 0 Å². The van der Waals surface area contributed by atoms with Crippen LogP contribution in [0.4, 0.5) is 0 Å². The van der Waals surface area contributed by atoms with Crippen LogP contribution in [-0.4, -0.2) is 4.98 Å². The van der Waals surface area contributed by atoms with E-state index in [4.69, 9.17) is 0 Å². The first-order valence-corrected chi connectivity index (χ1v) is 3.52. The van der Waals surface area contributed by atoms with Gasteiger partial charge in [-0.15, -0.1) is 0 Å². The van der Waals surface area contributed by atoms with Gasteiger partial charge in [0.15, 0.2) is 0 Å². The lowest BCUT2D eigenvalue weighted by Gasteiger charge is -1.90. The van der Waals surface area contributed by atoms with Gasteiger partial charge in [-0.1, -0.05) is 20.1 Å². The van der Waals surface area contributed by atoms with Gasteiger partial charge >= 0.3 is 0 Å². The van der Waals surface area contributed by atoms with E-state index < -0.39 is 0 Å². The summed E-state index contributed by atoms with van der Waals surface area (Å²) in [5, 5.41) is 2.02. The minimum Gasteiger partial charge on any atom is -0.359 e. The highest BCUT2D eigenvalue weighted by molar-refractivity contribution is 5.26. The second kappa shape index (κ2) is 2.33. The summed E-state index contributed by atoms with van der Waals surface area (Å²) in [5.41, 5.74) is 2.52. The molecule has 1 heteroatoms. The summed E-state index contributed by atoms with van der Waals surface area (Å²) in [6, 6.07) is 0. The third kappa shape index (κ3) is 0.878. The van der Waals surface area contributed by atoms with Crippen molar-refractivity contribution >= 4 is 13.2 Å². The van der Waals surface area contributed by atoms with Crippen molar-refractivity contribution in [2.75, 3.05) is 0 Å². The van der Waals surface area contributed by atoms with Gasteiger partial charge in [0, 0.05) is 11.0 Å². The van der Waals surface area contributed by atoms with Crippen LogP contribution >= 0.6 is 0 Å². The van der Waals surface area contributed by atoms with Gasteiger partial charge in [-0.05, 0) is 24.1 Å². The van der Waals surface area contributed by atoms with Gasteiger partial charge in [0.1, 0.15) is 0 Å². The highest BCUT2D eigenvalue weighted by Crippen LogP contribution is 1.94. The molecule has 1 N–H and O–H groups in total. The molecular formula is C9H13N. The van der Waals surface area contributed by atoms with Crippen LogP contribution in [0.25, 0.3) is 13.2 Å². The molecule has 0 radical (unpaired) electrons. The first kappa shape index (κ1) is 7.13. The minimum atomic E-state index is 0.953. The summed E-state index contributed by atoms with van der Waals surface area (Å²) in [6.07, 6.45) is 1.04. The fourth-order valence-corrected chi connectivity index (χ4v) is 1.26. The fourth-order valence-electron chi connectivity index (χ4n) is 1.26. The summed E-state index contributed by atoms with van der Waals surface area (Å²) in [4.78, 5) is 3.15. The van der Waals surface area contributed by atoms with E-state index in [1.54, 1.807) is 0 Å². The molecule has 0 saturated heterocycles. The first-order valence-electron chi connectivity index (χ1n) is 3.52. The molecule has 0 aliphatic heterocycles. The Morgan fingerprint density at radius 2 is 2.00 bits per heavy atom. The maximum absolute atomic E-state index is 3.92. The Bertz CT molecular complexity index is 319. The lowest BCUT2D eigenvalue weighted by molar-refractivity contribution is 1.09. The molecule has 1 heterocycles. The van der Waals surface area contributed by atoms with Crippen LogP contribution in [0.1, 0.15) is 18.2 Å². The van der Waals surface area contributed by atoms with Gasteiger partial charge in [-0.2, -0.15) is 0 Å². The highest BCUT2D eigenvalue weighted by Gasteiger charge is 1.97. The van der Waals surface area contributed by atoms with E-state index in [-0.39, 0.29) is 0 Å². The van der Waals surface area contributed by atoms with E-state index in [0.29, 0.717) is 0 Å². The number of aromatic nitrogens is 1. The first-order chi connectivity index (χ1) is 4.66. The summed E-state index contributed by atoms with van der Waals surface area (Å²) in [7, 11) is 0. The average molecular weight is 135 g/mol. The standard InChI is InChI=1S/C9H13N/c1-5-9-6(2)7(3)10-8(9)4/h10H,2-3,5H2,1,4H3. The monoisotopic (exact) mass is 135 g/mol. The second-order valence-corrected chi connectivity index (χ2v) is 2.54. The molecule has 1 nitrogen and oxygen atoms in total. The van der Waals surface area contributed by atoms with Gasteiger partial charge in [0.2, 0.25) is 0 Å². The van der Waals surface area contributed by atoms with Crippen LogP contribution in [0.3, 0.4) is 0 Å². The van der Waals surface area contributed by atoms with Crippen molar-refractivity contribution < 1.29 is 0 Å². The van der Waals surface area contributed by atoms with E-state index in [1.807, 2.05) is 0 Å². The zero-order valence-electron chi connectivity index (χ0n) is 6.62. The Labute approximate surface area is 61.1 Å². The summed E-state index contributed by atoms with van der Waals surface area (Å²) in [6.45, 7) is 11.9. The smallest absolute Gasteiger partial charge is 0.0379 e.